The average Bonchev–Trinajstić information content (AvgIpc) is 1.00. The summed E-state index contributed by atoms with van der Waals surface area (Å²) in [7, 11) is 0. The standard InChI is InChI=1S/3ClH.O.Ti/h3*1H;;/q;;;;+2/p-2. The SMILES string of the molecule is [Cl-].[Cl-].[Cl-].[H+].[O]=[Ti+2]. The van der Waals surface area contributed by atoms with E-state index < -0.39 is 0 Å². The van der Waals surface area contributed by atoms with Crippen LogP contribution in [0.15, 0.2) is 0 Å². The molecule has 0 radical (unpaired) electrons. The molecular weight excluding hydrogens is 170 g/mol. The Morgan fingerprint density at radius 1 is 1.00 bits per heavy atom. The van der Waals surface area contributed by atoms with Gasteiger partial charge in [0.25, 0.3) is 0 Å². The molecule has 32 valence electrons. The average molecular weight is 171 g/mol. The summed E-state index contributed by atoms with van der Waals surface area (Å²) in [5, 5.41) is 0. The number of rotatable bonds is 0. The van der Waals surface area contributed by atoms with E-state index in [0.29, 0.717) is 0 Å². The topological polar surface area (TPSA) is 17.1 Å². The van der Waals surface area contributed by atoms with Crippen LogP contribution in [0.3, 0.4) is 0 Å². The van der Waals surface area contributed by atoms with E-state index in [1.54, 1.807) is 0 Å². The third-order valence-corrected chi connectivity index (χ3v) is 0. The first-order valence-electron chi connectivity index (χ1n) is 0.204. The summed E-state index contributed by atoms with van der Waals surface area (Å²) < 4.78 is 8.25. The normalized spacial score (nSPS) is 1.20. The van der Waals surface area contributed by atoms with Gasteiger partial charge in [-0.2, -0.15) is 0 Å². The summed E-state index contributed by atoms with van der Waals surface area (Å²) in [5.41, 5.74) is 0. The third kappa shape index (κ3) is 32.2. The van der Waals surface area contributed by atoms with Crippen LogP contribution in [0, 0.1) is 0 Å². The van der Waals surface area contributed by atoms with Gasteiger partial charge in [0.15, 0.2) is 0 Å². The number of hydrogen-bond donors (Lipinski definition) is 0. The molecule has 0 saturated carbocycles. The van der Waals surface area contributed by atoms with E-state index in [1.165, 1.54) is 0 Å². The summed E-state index contributed by atoms with van der Waals surface area (Å²) in [6.07, 6.45) is 0. The van der Waals surface area contributed by atoms with Crippen LogP contribution < -0.4 is 37.2 Å². The van der Waals surface area contributed by atoms with Crippen molar-refractivity contribution in [2.24, 2.45) is 0 Å². The zero-order valence-corrected chi connectivity index (χ0v) is 5.87. The molecule has 0 aromatic carbocycles. The number of hydrogen-bond acceptors (Lipinski definition) is 1. The molecule has 0 N–H and O–H groups in total. The summed E-state index contributed by atoms with van der Waals surface area (Å²) in [6.45, 7) is 0. The van der Waals surface area contributed by atoms with Gasteiger partial charge < -0.3 is 37.2 Å². The van der Waals surface area contributed by atoms with E-state index in [0.717, 1.165) is 20.4 Å². The molecule has 0 aliphatic carbocycles. The van der Waals surface area contributed by atoms with Crippen LogP contribution >= 0.6 is 0 Å². The van der Waals surface area contributed by atoms with E-state index in [9.17, 15) is 0 Å². The van der Waals surface area contributed by atoms with Crippen molar-refractivity contribution < 1.29 is 62.4 Å². The van der Waals surface area contributed by atoms with E-state index in [-0.39, 0.29) is 38.6 Å². The molecule has 0 atom stereocenters. The van der Waals surface area contributed by atoms with Crippen LogP contribution in [0.25, 0.3) is 0 Å². The molecule has 5 heavy (non-hydrogen) atoms. The summed E-state index contributed by atoms with van der Waals surface area (Å²) in [5.74, 6) is 0. The zero-order chi connectivity index (χ0) is 2.00. The second-order valence-corrected chi connectivity index (χ2v) is 0. The molecule has 0 amide bonds. The Kier molecular flexibility index (Phi) is 352. The molecular formula is HCl3OTi. The first-order valence-corrected chi connectivity index (χ1v) is 0.842. The molecule has 0 aliphatic rings. The van der Waals surface area contributed by atoms with Crippen LogP contribution in [-0.2, 0) is 23.7 Å². The fraction of sp³-hybridized carbons (Fsp3) is 0. The van der Waals surface area contributed by atoms with Gasteiger partial charge in [0.2, 0.25) is 0 Å². The Labute approximate surface area is 62.3 Å². The Hall–Kier alpha value is 1.38. The molecule has 1 nitrogen and oxygen atoms in total. The van der Waals surface area contributed by atoms with Crippen LogP contribution in [0.1, 0.15) is 1.43 Å². The zero-order valence-electron chi connectivity index (χ0n) is 3.04. The summed E-state index contributed by atoms with van der Waals surface area (Å²) >= 11 is 0.750. The van der Waals surface area contributed by atoms with Gasteiger partial charge in [-0.3, -0.25) is 0 Å². The summed E-state index contributed by atoms with van der Waals surface area (Å²) in [6, 6.07) is 0. The second-order valence-electron chi connectivity index (χ2n) is 0. The minimum atomic E-state index is 0. The quantitative estimate of drug-likeness (QED) is 0.331. The van der Waals surface area contributed by atoms with Crippen molar-refractivity contribution in [1.82, 2.24) is 0 Å². The van der Waals surface area contributed by atoms with Crippen LogP contribution in [0.4, 0.5) is 0 Å². The van der Waals surface area contributed by atoms with Crippen molar-refractivity contribution in [2.45, 2.75) is 0 Å². The maximum absolute atomic E-state index is 8.25. The van der Waals surface area contributed by atoms with Gasteiger partial charge in [0.1, 0.15) is 0 Å². The predicted octanol–water partition coefficient (Wildman–Crippen LogP) is -9.00. The van der Waals surface area contributed by atoms with E-state index in [1.807, 2.05) is 0 Å². The minimum absolute atomic E-state index is 0. The fourth-order valence-electron chi connectivity index (χ4n) is 0. The van der Waals surface area contributed by atoms with Crippen molar-refractivity contribution in [2.75, 3.05) is 0 Å². The van der Waals surface area contributed by atoms with E-state index in [4.69, 9.17) is 3.32 Å². The molecule has 0 unspecified atom stereocenters. The third-order valence-electron chi connectivity index (χ3n) is 0. The molecule has 0 spiro atoms. The Balaban J connectivity index is -0.000000000833. The maximum atomic E-state index is 8.25. The predicted molar refractivity (Wildman–Crippen MR) is 1.80 cm³/mol. The van der Waals surface area contributed by atoms with Crippen LogP contribution in [-0.4, -0.2) is 0 Å². The van der Waals surface area contributed by atoms with E-state index in [2.05, 4.69) is 0 Å². The van der Waals surface area contributed by atoms with Crippen LogP contribution in [0.5, 0.6) is 0 Å². The van der Waals surface area contributed by atoms with Crippen molar-refractivity contribution in [3.8, 4) is 0 Å². The van der Waals surface area contributed by atoms with Crippen molar-refractivity contribution in [1.29, 1.82) is 0 Å². The van der Waals surface area contributed by atoms with Crippen molar-refractivity contribution in [3.63, 3.8) is 0 Å². The molecule has 0 aromatic rings. The molecule has 0 aromatic heterocycles. The molecule has 0 saturated heterocycles. The Bertz CT molecular complexity index is 10.8. The first-order chi connectivity index (χ1) is 1.00. The Morgan fingerprint density at radius 2 is 1.00 bits per heavy atom. The first kappa shape index (κ1) is 32.6. The van der Waals surface area contributed by atoms with Gasteiger partial charge in [0.05, 0.1) is 0 Å². The van der Waals surface area contributed by atoms with Crippen LogP contribution in [0.2, 0.25) is 0 Å². The van der Waals surface area contributed by atoms with E-state index >= 15 is 0 Å². The van der Waals surface area contributed by atoms with Crippen molar-refractivity contribution >= 4 is 0 Å². The molecule has 0 heterocycles. The summed E-state index contributed by atoms with van der Waals surface area (Å²) in [4.78, 5) is 0. The molecule has 0 bridgehead atoms. The molecule has 0 aliphatic heterocycles. The second kappa shape index (κ2) is 54.0. The number of halogens is 3. The fourth-order valence-corrected chi connectivity index (χ4v) is 0. The molecule has 5 heteroatoms. The van der Waals surface area contributed by atoms with Gasteiger partial charge in [-0.15, -0.1) is 0 Å². The molecule has 0 rings (SSSR count). The molecule has 0 fully saturated rings. The van der Waals surface area contributed by atoms with Gasteiger partial charge in [-0.05, 0) is 0 Å². The van der Waals surface area contributed by atoms with Crippen molar-refractivity contribution in [3.05, 3.63) is 0 Å². The van der Waals surface area contributed by atoms with Gasteiger partial charge in [-0.25, -0.2) is 0 Å². The monoisotopic (exact) mass is 170 g/mol. The van der Waals surface area contributed by atoms with Gasteiger partial charge in [0, 0.05) is 0 Å². The Morgan fingerprint density at radius 3 is 1.00 bits per heavy atom. The van der Waals surface area contributed by atoms with Gasteiger partial charge >= 0.3 is 25.2 Å². The van der Waals surface area contributed by atoms with Gasteiger partial charge in [-0.1, -0.05) is 0 Å².